The number of ether oxygens (including phenoxy) is 1. The van der Waals surface area contributed by atoms with Crippen molar-refractivity contribution in [1.29, 1.82) is 0 Å². The van der Waals surface area contributed by atoms with Gasteiger partial charge in [0.1, 0.15) is 6.61 Å². The topological polar surface area (TPSA) is 21.6 Å². The lowest BCUT2D eigenvalue weighted by molar-refractivity contribution is 0.348. The summed E-state index contributed by atoms with van der Waals surface area (Å²) in [7, 11) is 0. The summed E-state index contributed by atoms with van der Waals surface area (Å²) in [5, 5.41) is 0. The lowest BCUT2D eigenvalue weighted by Crippen LogP contribution is -2.09. The Bertz CT molecular complexity index is 751. The quantitative estimate of drug-likeness (QED) is 0.754. The highest BCUT2D eigenvalue weighted by molar-refractivity contribution is 9.10. The molecule has 2 aromatic rings. The summed E-state index contributed by atoms with van der Waals surface area (Å²) in [6.45, 7) is 1.50. The van der Waals surface area contributed by atoms with Gasteiger partial charge in [0.25, 0.3) is 0 Å². The van der Waals surface area contributed by atoms with Gasteiger partial charge in [0.2, 0.25) is 5.90 Å². The maximum Gasteiger partial charge on any atom is 0.216 e. The Hall–Kier alpha value is -1.61. The molecular weight excluding hydrogens is 338 g/mol. The second kappa shape index (κ2) is 5.88. The third kappa shape index (κ3) is 2.70. The van der Waals surface area contributed by atoms with Crippen LogP contribution in [0.25, 0.3) is 0 Å². The van der Waals surface area contributed by atoms with Gasteiger partial charge in [0, 0.05) is 10.0 Å². The predicted molar refractivity (Wildman–Crippen MR) is 92.8 cm³/mol. The maximum atomic E-state index is 5.72. The molecule has 2 aromatic carbocycles. The lowest BCUT2D eigenvalue weighted by Gasteiger charge is -2.15. The van der Waals surface area contributed by atoms with Gasteiger partial charge in [-0.25, -0.2) is 4.99 Å². The monoisotopic (exact) mass is 355 g/mol. The average Bonchev–Trinajstić information content (AvgIpc) is 3.04. The molecule has 1 aliphatic heterocycles. The van der Waals surface area contributed by atoms with Gasteiger partial charge >= 0.3 is 0 Å². The minimum absolute atomic E-state index is 0.714. The van der Waals surface area contributed by atoms with Crippen molar-refractivity contribution >= 4 is 21.8 Å². The zero-order valence-corrected chi connectivity index (χ0v) is 14.0. The fourth-order valence-electron chi connectivity index (χ4n) is 3.20. The normalized spacial score (nSPS) is 16.9. The largest absolute Gasteiger partial charge is 0.476 e. The molecule has 4 bridgehead atoms. The average molecular weight is 356 g/mol. The number of aliphatic imine (C=N–C) groups is 1. The van der Waals surface area contributed by atoms with Crippen LogP contribution in [0.4, 0.5) is 0 Å². The van der Waals surface area contributed by atoms with Crippen LogP contribution in [-0.2, 0) is 30.4 Å². The van der Waals surface area contributed by atoms with Crippen molar-refractivity contribution in [2.24, 2.45) is 4.99 Å². The van der Waals surface area contributed by atoms with Crippen LogP contribution in [0.3, 0.4) is 0 Å². The minimum atomic E-state index is 0.714. The maximum absolute atomic E-state index is 5.72. The summed E-state index contributed by atoms with van der Waals surface area (Å²) in [5.74, 6) is 0.835. The molecule has 0 saturated carbocycles. The third-order valence-electron chi connectivity index (χ3n) is 4.47. The Balaban J connectivity index is 1.76. The number of halogens is 1. The second-order valence-electron chi connectivity index (χ2n) is 5.95. The molecule has 22 heavy (non-hydrogen) atoms. The first-order valence-electron chi connectivity index (χ1n) is 7.86. The highest BCUT2D eigenvalue weighted by atomic mass is 79.9. The summed E-state index contributed by atoms with van der Waals surface area (Å²) in [6, 6.07) is 13.6. The molecule has 0 unspecified atom stereocenters. The molecule has 7 rings (SSSR count). The second-order valence-corrected chi connectivity index (χ2v) is 6.81. The minimum Gasteiger partial charge on any atom is -0.476 e. The van der Waals surface area contributed by atoms with Gasteiger partial charge in [0.05, 0.1) is 6.54 Å². The van der Waals surface area contributed by atoms with Crippen molar-refractivity contribution in [3.05, 3.63) is 68.7 Å². The van der Waals surface area contributed by atoms with Gasteiger partial charge in [-0.2, -0.15) is 0 Å². The lowest BCUT2D eigenvalue weighted by atomic mass is 9.93. The van der Waals surface area contributed by atoms with Gasteiger partial charge < -0.3 is 4.74 Å². The SMILES string of the molecule is Brc1cc2ccc1CCc1ccc(cc1C1=NCCO1)CC2. The van der Waals surface area contributed by atoms with E-state index in [1.54, 1.807) is 0 Å². The van der Waals surface area contributed by atoms with E-state index in [0.717, 1.165) is 38.1 Å². The van der Waals surface area contributed by atoms with Crippen LogP contribution in [0.2, 0.25) is 0 Å². The molecular formula is C19H18BrNO. The molecule has 5 aliphatic rings. The highest BCUT2D eigenvalue weighted by Crippen LogP contribution is 2.25. The van der Waals surface area contributed by atoms with Crippen LogP contribution in [0.1, 0.15) is 27.8 Å². The molecule has 1 heterocycles. The van der Waals surface area contributed by atoms with Crippen molar-refractivity contribution in [2.75, 3.05) is 13.2 Å². The first-order chi connectivity index (χ1) is 10.8. The Morgan fingerprint density at radius 2 is 1.59 bits per heavy atom. The smallest absolute Gasteiger partial charge is 0.216 e. The molecule has 0 fully saturated rings. The number of aryl methyl sites for hydroxylation is 4. The Morgan fingerprint density at radius 1 is 0.864 bits per heavy atom. The molecule has 0 aromatic heterocycles. The van der Waals surface area contributed by atoms with Crippen LogP contribution >= 0.6 is 15.9 Å². The van der Waals surface area contributed by atoms with Gasteiger partial charge in [-0.1, -0.05) is 40.2 Å². The van der Waals surface area contributed by atoms with E-state index in [2.05, 4.69) is 57.3 Å². The molecule has 0 N–H and O–H groups in total. The Labute approximate surface area is 139 Å². The van der Waals surface area contributed by atoms with Crippen LogP contribution < -0.4 is 0 Å². The molecule has 0 saturated heterocycles. The molecule has 0 amide bonds. The Kier molecular flexibility index (Phi) is 3.75. The Morgan fingerprint density at radius 3 is 2.32 bits per heavy atom. The van der Waals surface area contributed by atoms with Crippen molar-refractivity contribution < 1.29 is 4.74 Å². The van der Waals surface area contributed by atoms with E-state index in [0.29, 0.717) is 6.61 Å². The molecule has 0 atom stereocenters. The van der Waals surface area contributed by atoms with E-state index in [1.807, 2.05) is 0 Å². The van der Waals surface area contributed by atoms with Crippen LogP contribution in [0.15, 0.2) is 45.9 Å². The van der Waals surface area contributed by atoms with Gasteiger partial charge in [0.15, 0.2) is 0 Å². The zero-order valence-electron chi connectivity index (χ0n) is 12.4. The summed E-state index contributed by atoms with van der Waals surface area (Å²) >= 11 is 3.72. The van der Waals surface area contributed by atoms with Gasteiger partial charge in [-0.15, -0.1) is 0 Å². The van der Waals surface area contributed by atoms with Crippen molar-refractivity contribution in [3.63, 3.8) is 0 Å². The van der Waals surface area contributed by atoms with E-state index in [-0.39, 0.29) is 0 Å². The summed E-state index contributed by atoms with van der Waals surface area (Å²) < 4.78 is 6.95. The van der Waals surface area contributed by atoms with E-state index < -0.39 is 0 Å². The van der Waals surface area contributed by atoms with Gasteiger partial charge in [-0.05, 0) is 60.1 Å². The molecule has 0 radical (unpaired) electrons. The number of nitrogens with zero attached hydrogens (tertiary/aromatic N) is 1. The first kappa shape index (κ1) is 14.0. The number of hydrogen-bond acceptors (Lipinski definition) is 2. The van der Waals surface area contributed by atoms with Crippen molar-refractivity contribution in [1.82, 2.24) is 0 Å². The number of hydrogen-bond donors (Lipinski definition) is 0. The van der Waals surface area contributed by atoms with Crippen LogP contribution in [0, 0.1) is 0 Å². The summed E-state index contributed by atoms with van der Waals surface area (Å²) in [5.41, 5.74) is 6.64. The predicted octanol–water partition coefficient (Wildman–Crippen LogP) is 4.11. The molecule has 3 heteroatoms. The fourth-order valence-corrected chi connectivity index (χ4v) is 3.83. The van der Waals surface area contributed by atoms with Gasteiger partial charge in [-0.3, -0.25) is 0 Å². The first-order valence-corrected chi connectivity index (χ1v) is 8.65. The number of benzene rings is 2. The molecule has 112 valence electrons. The van der Waals surface area contributed by atoms with Crippen LogP contribution in [0.5, 0.6) is 0 Å². The zero-order chi connectivity index (χ0) is 14.9. The summed E-state index contributed by atoms with van der Waals surface area (Å²) in [4.78, 5) is 4.52. The van der Waals surface area contributed by atoms with E-state index in [1.165, 1.54) is 32.3 Å². The molecule has 0 spiro atoms. The van der Waals surface area contributed by atoms with Crippen LogP contribution in [-0.4, -0.2) is 19.0 Å². The van der Waals surface area contributed by atoms with E-state index in [9.17, 15) is 0 Å². The standard InChI is InChI=1S/C19H18BrNO/c20-18-12-14-2-1-13-3-5-15(7-8-16(18)6-4-14)17(11-13)19-21-9-10-22-19/h3-6,11-12H,1-2,7-10H2. The highest BCUT2D eigenvalue weighted by Gasteiger charge is 2.16. The van der Waals surface area contributed by atoms with E-state index in [4.69, 9.17) is 4.74 Å². The third-order valence-corrected chi connectivity index (χ3v) is 5.21. The molecule has 4 aliphatic carbocycles. The summed E-state index contributed by atoms with van der Waals surface area (Å²) in [6.07, 6.45) is 4.15. The number of rotatable bonds is 1. The van der Waals surface area contributed by atoms with Crippen molar-refractivity contribution in [2.45, 2.75) is 25.7 Å². The van der Waals surface area contributed by atoms with E-state index >= 15 is 0 Å². The fraction of sp³-hybridized carbons (Fsp3) is 0.316. The molecule has 2 nitrogen and oxygen atoms in total. The van der Waals surface area contributed by atoms with Crippen molar-refractivity contribution in [3.8, 4) is 0 Å².